The number of para-hydroxylation sites is 1. The van der Waals surface area contributed by atoms with E-state index >= 15 is 0 Å². The average molecular weight is 563 g/mol. The highest BCUT2D eigenvalue weighted by atomic mass is 19.2. The summed E-state index contributed by atoms with van der Waals surface area (Å²) in [5, 5.41) is 6.60. The van der Waals surface area contributed by atoms with Crippen LogP contribution in [-0.2, 0) is 20.8 Å². The van der Waals surface area contributed by atoms with Crippen molar-refractivity contribution in [1.29, 1.82) is 0 Å². The SMILES string of the molecule is COCCN1C[C@@H](CC(=O)Cc2c(C)c(-c3ccc(OC)nc3)nn2-c2ccccc2)[C@H](c2ccc(F)c(F)c2)O1. The van der Waals surface area contributed by atoms with Crippen molar-refractivity contribution < 1.29 is 27.9 Å². The average Bonchev–Trinajstić information content (AvgIpc) is 3.54. The van der Waals surface area contributed by atoms with Crippen molar-refractivity contribution in [1.82, 2.24) is 19.8 Å². The lowest BCUT2D eigenvalue weighted by atomic mass is 9.90. The molecule has 0 radical (unpaired) electrons. The van der Waals surface area contributed by atoms with Gasteiger partial charge in [-0.05, 0) is 48.4 Å². The fraction of sp³-hybridized carbons (Fsp3) is 0.323. The van der Waals surface area contributed by atoms with E-state index in [0.29, 0.717) is 31.1 Å². The second-order valence-corrected chi connectivity index (χ2v) is 10.0. The van der Waals surface area contributed by atoms with Crippen LogP contribution in [0.2, 0.25) is 0 Å². The third kappa shape index (κ3) is 6.35. The van der Waals surface area contributed by atoms with E-state index in [1.807, 2.05) is 43.3 Å². The van der Waals surface area contributed by atoms with Gasteiger partial charge in [0.15, 0.2) is 11.6 Å². The Balaban J connectivity index is 1.42. The molecule has 41 heavy (non-hydrogen) atoms. The molecule has 1 aliphatic rings. The number of nitrogens with zero attached hydrogens (tertiary/aromatic N) is 4. The number of pyridine rings is 1. The molecule has 1 saturated heterocycles. The first-order chi connectivity index (χ1) is 19.9. The summed E-state index contributed by atoms with van der Waals surface area (Å²) >= 11 is 0. The molecule has 0 unspecified atom stereocenters. The molecule has 0 amide bonds. The number of ether oxygens (including phenoxy) is 2. The van der Waals surface area contributed by atoms with Gasteiger partial charge in [0.2, 0.25) is 5.88 Å². The summed E-state index contributed by atoms with van der Waals surface area (Å²) in [6.45, 7) is 3.33. The van der Waals surface area contributed by atoms with Gasteiger partial charge in [-0.3, -0.25) is 9.63 Å². The van der Waals surface area contributed by atoms with Crippen molar-refractivity contribution in [2.75, 3.05) is 33.9 Å². The number of benzene rings is 2. The van der Waals surface area contributed by atoms with Crippen LogP contribution in [0.5, 0.6) is 5.88 Å². The summed E-state index contributed by atoms with van der Waals surface area (Å²) in [4.78, 5) is 24.0. The van der Waals surface area contributed by atoms with Crippen molar-refractivity contribution in [2.45, 2.75) is 25.9 Å². The zero-order chi connectivity index (χ0) is 28.9. The number of rotatable bonds is 11. The van der Waals surface area contributed by atoms with Gasteiger partial charge >= 0.3 is 0 Å². The number of hydrogen-bond acceptors (Lipinski definition) is 7. The third-order valence-corrected chi connectivity index (χ3v) is 7.26. The topological polar surface area (TPSA) is 78.7 Å². The maximum absolute atomic E-state index is 14.1. The van der Waals surface area contributed by atoms with Crippen LogP contribution in [-0.4, -0.2) is 59.5 Å². The Morgan fingerprint density at radius 3 is 2.56 bits per heavy atom. The first-order valence-corrected chi connectivity index (χ1v) is 13.4. The Kier molecular flexibility index (Phi) is 8.82. The minimum Gasteiger partial charge on any atom is -0.481 e. The summed E-state index contributed by atoms with van der Waals surface area (Å²) < 4.78 is 39.9. The molecule has 2 aromatic heterocycles. The van der Waals surface area contributed by atoms with Crippen LogP contribution in [0, 0.1) is 24.5 Å². The smallest absolute Gasteiger partial charge is 0.212 e. The Morgan fingerprint density at radius 2 is 1.88 bits per heavy atom. The van der Waals surface area contributed by atoms with Crippen LogP contribution in [0.15, 0.2) is 66.9 Å². The standard InChI is InChI=1S/C31H32F2N4O4/c1-20-28(37(24-7-5-4-6-8-24)35-30(20)22-10-12-29(40-3)34-18-22)17-25(38)15-23-19-36(13-14-39-2)41-31(23)21-9-11-26(32)27(33)16-21/h4-12,16,18,23,31H,13-15,17,19H2,1-3H3/t23-,31+/m1/s1. The first-order valence-electron chi connectivity index (χ1n) is 13.4. The van der Waals surface area contributed by atoms with Crippen LogP contribution < -0.4 is 4.74 Å². The van der Waals surface area contributed by atoms with Gasteiger partial charge in [-0.1, -0.05) is 24.3 Å². The Labute approximate surface area is 237 Å². The lowest BCUT2D eigenvalue weighted by Gasteiger charge is -2.18. The minimum absolute atomic E-state index is 0.0145. The molecule has 3 heterocycles. The number of halogens is 2. The number of methoxy groups -OCH3 is 2. The zero-order valence-electron chi connectivity index (χ0n) is 23.2. The lowest BCUT2D eigenvalue weighted by molar-refractivity contribution is -0.155. The summed E-state index contributed by atoms with van der Waals surface area (Å²) in [6, 6.07) is 17.0. The molecule has 2 aromatic carbocycles. The molecule has 0 N–H and O–H groups in total. The number of hydrogen-bond donors (Lipinski definition) is 0. The van der Waals surface area contributed by atoms with Gasteiger partial charge in [-0.25, -0.2) is 18.4 Å². The van der Waals surface area contributed by atoms with Crippen LogP contribution in [0.25, 0.3) is 16.9 Å². The molecular formula is C31H32F2N4O4. The fourth-order valence-corrected chi connectivity index (χ4v) is 5.17. The maximum atomic E-state index is 14.1. The van der Waals surface area contributed by atoms with Gasteiger partial charge in [-0.2, -0.15) is 10.2 Å². The molecule has 10 heteroatoms. The number of carbonyl (C=O) groups is 1. The van der Waals surface area contributed by atoms with Crippen molar-refractivity contribution in [2.24, 2.45) is 5.92 Å². The number of ketones is 1. The predicted molar refractivity (Wildman–Crippen MR) is 149 cm³/mol. The van der Waals surface area contributed by atoms with Gasteiger partial charge in [0.05, 0.1) is 30.8 Å². The quantitative estimate of drug-likeness (QED) is 0.246. The van der Waals surface area contributed by atoms with Crippen molar-refractivity contribution in [3.8, 4) is 22.8 Å². The molecule has 0 saturated carbocycles. The van der Waals surface area contributed by atoms with Gasteiger partial charge in [-0.15, -0.1) is 0 Å². The number of Topliss-reactive ketones (excluding diaryl/α,β-unsaturated/α-hetero) is 1. The van der Waals surface area contributed by atoms with Gasteiger partial charge < -0.3 is 9.47 Å². The second-order valence-electron chi connectivity index (χ2n) is 10.0. The summed E-state index contributed by atoms with van der Waals surface area (Å²) in [7, 11) is 3.16. The van der Waals surface area contributed by atoms with E-state index < -0.39 is 17.7 Å². The van der Waals surface area contributed by atoms with Gasteiger partial charge in [0, 0.05) is 56.8 Å². The summed E-state index contributed by atoms with van der Waals surface area (Å²) in [6.07, 6.45) is 1.43. The van der Waals surface area contributed by atoms with E-state index in [2.05, 4.69) is 4.98 Å². The van der Waals surface area contributed by atoms with Crippen LogP contribution >= 0.6 is 0 Å². The molecule has 0 bridgehead atoms. The monoisotopic (exact) mass is 562 g/mol. The molecule has 8 nitrogen and oxygen atoms in total. The zero-order valence-corrected chi connectivity index (χ0v) is 23.2. The normalized spacial score (nSPS) is 17.2. The van der Waals surface area contributed by atoms with Crippen molar-refractivity contribution in [3.63, 3.8) is 0 Å². The molecule has 5 rings (SSSR count). The van der Waals surface area contributed by atoms with Crippen LogP contribution in [0.3, 0.4) is 0 Å². The molecule has 2 atom stereocenters. The fourth-order valence-electron chi connectivity index (χ4n) is 5.17. The van der Waals surface area contributed by atoms with Crippen molar-refractivity contribution >= 4 is 5.78 Å². The van der Waals surface area contributed by atoms with Crippen LogP contribution in [0.4, 0.5) is 8.78 Å². The van der Waals surface area contributed by atoms with E-state index in [1.165, 1.54) is 6.07 Å². The molecule has 4 aromatic rings. The van der Waals surface area contributed by atoms with E-state index in [4.69, 9.17) is 19.4 Å². The minimum atomic E-state index is -0.950. The predicted octanol–water partition coefficient (Wildman–Crippen LogP) is 5.28. The molecule has 214 valence electrons. The largest absolute Gasteiger partial charge is 0.481 e. The summed E-state index contributed by atoms with van der Waals surface area (Å²) in [5.74, 6) is -1.65. The molecule has 1 fully saturated rings. The number of aromatic nitrogens is 3. The van der Waals surface area contributed by atoms with Crippen LogP contribution in [0.1, 0.15) is 29.3 Å². The Hall–Kier alpha value is -3.99. The third-order valence-electron chi connectivity index (χ3n) is 7.26. The molecule has 0 spiro atoms. The summed E-state index contributed by atoms with van der Waals surface area (Å²) in [5.41, 5.74) is 4.49. The highest BCUT2D eigenvalue weighted by Crippen LogP contribution is 2.37. The van der Waals surface area contributed by atoms with Gasteiger partial charge in [0.25, 0.3) is 0 Å². The molecular weight excluding hydrogens is 530 g/mol. The van der Waals surface area contributed by atoms with Gasteiger partial charge in [0.1, 0.15) is 11.9 Å². The van der Waals surface area contributed by atoms with E-state index in [0.717, 1.165) is 40.3 Å². The molecule has 0 aliphatic carbocycles. The number of hydroxylamine groups is 2. The Morgan fingerprint density at radius 1 is 1.07 bits per heavy atom. The van der Waals surface area contributed by atoms with E-state index in [9.17, 15) is 13.6 Å². The number of carbonyl (C=O) groups excluding carboxylic acids is 1. The Bertz CT molecular complexity index is 1490. The second kappa shape index (κ2) is 12.7. The molecule has 1 aliphatic heterocycles. The lowest BCUT2D eigenvalue weighted by Crippen LogP contribution is -2.24. The van der Waals surface area contributed by atoms with E-state index in [-0.39, 0.29) is 24.5 Å². The van der Waals surface area contributed by atoms with E-state index in [1.54, 1.807) is 36.2 Å². The first kappa shape index (κ1) is 28.5. The highest BCUT2D eigenvalue weighted by Gasteiger charge is 2.37. The maximum Gasteiger partial charge on any atom is 0.212 e. The highest BCUT2D eigenvalue weighted by molar-refractivity contribution is 5.82. The van der Waals surface area contributed by atoms with Crippen molar-refractivity contribution in [3.05, 3.63) is 95.3 Å².